The van der Waals surface area contributed by atoms with Crippen molar-refractivity contribution in [1.82, 2.24) is 0 Å². The van der Waals surface area contributed by atoms with Gasteiger partial charge in [0, 0.05) is 35.6 Å². The van der Waals surface area contributed by atoms with E-state index in [2.05, 4.69) is 10.6 Å². The Morgan fingerprint density at radius 1 is 0.970 bits per heavy atom. The smallest absolute Gasteiger partial charge is 0.255 e. The van der Waals surface area contributed by atoms with Crippen LogP contribution < -0.4 is 15.5 Å². The zero-order valence-electron chi connectivity index (χ0n) is 18.4. The van der Waals surface area contributed by atoms with Crippen molar-refractivity contribution >= 4 is 34.8 Å². The van der Waals surface area contributed by atoms with E-state index in [1.54, 1.807) is 37.3 Å². The number of anilines is 3. The largest absolute Gasteiger partial charge is 0.325 e. The van der Waals surface area contributed by atoms with Crippen LogP contribution in [0.2, 0.25) is 0 Å². The van der Waals surface area contributed by atoms with E-state index in [1.807, 2.05) is 31.2 Å². The molecule has 33 heavy (non-hydrogen) atoms. The molecule has 1 heterocycles. The Kier molecular flexibility index (Phi) is 6.22. The molecule has 1 fully saturated rings. The number of carbonyl (C=O) groups excluding carboxylic acids is 3. The van der Waals surface area contributed by atoms with Crippen LogP contribution in [0.3, 0.4) is 0 Å². The molecule has 0 spiro atoms. The first-order valence-corrected chi connectivity index (χ1v) is 10.7. The van der Waals surface area contributed by atoms with Crippen molar-refractivity contribution in [3.05, 3.63) is 89.2 Å². The van der Waals surface area contributed by atoms with E-state index < -0.39 is 11.7 Å². The molecule has 0 unspecified atom stereocenters. The van der Waals surface area contributed by atoms with Crippen LogP contribution in [0.15, 0.2) is 66.7 Å². The molecule has 1 atom stereocenters. The zero-order valence-corrected chi connectivity index (χ0v) is 18.4. The van der Waals surface area contributed by atoms with Crippen LogP contribution in [-0.2, 0) is 9.59 Å². The number of amides is 3. The molecule has 3 aromatic carbocycles. The Hall–Kier alpha value is -4.00. The van der Waals surface area contributed by atoms with Crippen molar-refractivity contribution in [3.8, 4) is 0 Å². The summed E-state index contributed by atoms with van der Waals surface area (Å²) in [4.78, 5) is 39.6. The van der Waals surface area contributed by atoms with Crippen LogP contribution in [0.5, 0.6) is 0 Å². The summed E-state index contributed by atoms with van der Waals surface area (Å²) in [5.74, 6) is -1.86. The Morgan fingerprint density at radius 3 is 2.55 bits per heavy atom. The fourth-order valence-corrected chi connectivity index (χ4v) is 3.84. The molecule has 3 amide bonds. The molecule has 0 radical (unpaired) electrons. The average molecular weight is 445 g/mol. The van der Waals surface area contributed by atoms with E-state index in [0.29, 0.717) is 22.6 Å². The number of hydrogen-bond donors (Lipinski definition) is 2. The van der Waals surface area contributed by atoms with Crippen molar-refractivity contribution in [1.29, 1.82) is 0 Å². The number of nitrogens with zero attached hydrogens (tertiary/aromatic N) is 1. The number of benzene rings is 3. The topological polar surface area (TPSA) is 78.5 Å². The van der Waals surface area contributed by atoms with E-state index in [-0.39, 0.29) is 30.7 Å². The molecule has 4 rings (SSSR count). The van der Waals surface area contributed by atoms with Gasteiger partial charge < -0.3 is 15.5 Å². The lowest BCUT2D eigenvalue weighted by molar-refractivity contribution is -0.122. The third-order valence-corrected chi connectivity index (χ3v) is 5.65. The third kappa shape index (κ3) is 5.09. The fraction of sp³-hybridized carbons (Fsp3) is 0.192. The molecule has 1 aliphatic heterocycles. The van der Waals surface area contributed by atoms with Crippen LogP contribution in [0.1, 0.15) is 27.9 Å². The second-order valence-electron chi connectivity index (χ2n) is 8.23. The standard InChI is InChI=1S/C26H24FN3O3/c1-16-5-3-7-21(11-16)28-25(32)18-6-4-8-22(12-18)30-15-19(13-24(30)31)26(33)29-23-14-20(27)10-9-17(23)2/h3-12,14,19H,13,15H2,1-2H3,(H,28,32)(H,29,33)/t19-/m0/s1. The fourth-order valence-electron chi connectivity index (χ4n) is 3.84. The van der Waals surface area contributed by atoms with E-state index in [9.17, 15) is 18.8 Å². The number of halogens is 1. The van der Waals surface area contributed by atoms with E-state index >= 15 is 0 Å². The molecule has 0 bridgehead atoms. The first-order valence-electron chi connectivity index (χ1n) is 10.7. The lowest BCUT2D eigenvalue weighted by Crippen LogP contribution is -2.28. The molecule has 1 aliphatic rings. The predicted molar refractivity (Wildman–Crippen MR) is 126 cm³/mol. The number of carbonyl (C=O) groups is 3. The van der Waals surface area contributed by atoms with Crippen molar-refractivity contribution in [2.24, 2.45) is 5.92 Å². The van der Waals surface area contributed by atoms with Gasteiger partial charge in [0.15, 0.2) is 0 Å². The van der Waals surface area contributed by atoms with Gasteiger partial charge in [-0.3, -0.25) is 14.4 Å². The molecule has 0 aromatic heterocycles. The number of aryl methyl sites for hydroxylation is 2. The summed E-state index contributed by atoms with van der Waals surface area (Å²) in [7, 11) is 0. The highest BCUT2D eigenvalue weighted by molar-refractivity contribution is 6.07. The maximum atomic E-state index is 13.5. The second kappa shape index (κ2) is 9.24. The van der Waals surface area contributed by atoms with E-state index in [1.165, 1.54) is 17.0 Å². The number of hydrogen-bond acceptors (Lipinski definition) is 3. The van der Waals surface area contributed by atoms with Crippen molar-refractivity contribution < 1.29 is 18.8 Å². The van der Waals surface area contributed by atoms with Gasteiger partial charge >= 0.3 is 0 Å². The minimum atomic E-state index is -0.579. The van der Waals surface area contributed by atoms with Gasteiger partial charge in [-0.15, -0.1) is 0 Å². The highest BCUT2D eigenvalue weighted by Crippen LogP contribution is 2.28. The molecule has 1 saturated heterocycles. The normalized spacial score (nSPS) is 15.4. The van der Waals surface area contributed by atoms with Crippen LogP contribution >= 0.6 is 0 Å². The highest BCUT2D eigenvalue weighted by Gasteiger charge is 2.35. The molecular weight excluding hydrogens is 421 g/mol. The quantitative estimate of drug-likeness (QED) is 0.598. The Balaban J connectivity index is 1.46. The van der Waals surface area contributed by atoms with Crippen LogP contribution in [0, 0.1) is 25.6 Å². The van der Waals surface area contributed by atoms with Crippen molar-refractivity contribution in [2.75, 3.05) is 22.1 Å². The lowest BCUT2D eigenvalue weighted by Gasteiger charge is -2.18. The average Bonchev–Trinajstić information content (AvgIpc) is 3.18. The van der Waals surface area contributed by atoms with Gasteiger partial charge in [0.2, 0.25) is 11.8 Å². The van der Waals surface area contributed by atoms with Gasteiger partial charge in [-0.1, -0.05) is 24.3 Å². The first-order chi connectivity index (χ1) is 15.8. The van der Waals surface area contributed by atoms with Crippen LogP contribution in [-0.4, -0.2) is 24.3 Å². The summed E-state index contributed by atoms with van der Waals surface area (Å²) in [6, 6.07) is 18.4. The molecule has 6 nitrogen and oxygen atoms in total. The lowest BCUT2D eigenvalue weighted by atomic mass is 10.1. The van der Waals surface area contributed by atoms with Gasteiger partial charge in [0.05, 0.1) is 5.92 Å². The summed E-state index contributed by atoms with van der Waals surface area (Å²) in [6.07, 6.45) is 0.0416. The number of rotatable bonds is 5. The van der Waals surface area contributed by atoms with Gasteiger partial charge in [-0.05, 0) is 67.4 Å². The van der Waals surface area contributed by atoms with Crippen LogP contribution in [0.4, 0.5) is 21.5 Å². The maximum absolute atomic E-state index is 13.5. The Morgan fingerprint density at radius 2 is 1.76 bits per heavy atom. The summed E-state index contributed by atoms with van der Waals surface area (Å²) >= 11 is 0. The minimum Gasteiger partial charge on any atom is -0.325 e. The first kappa shape index (κ1) is 22.2. The highest BCUT2D eigenvalue weighted by atomic mass is 19.1. The summed E-state index contributed by atoms with van der Waals surface area (Å²) in [5, 5.41) is 5.58. The Bertz CT molecular complexity index is 1240. The van der Waals surface area contributed by atoms with E-state index in [4.69, 9.17) is 0 Å². The third-order valence-electron chi connectivity index (χ3n) is 5.65. The van der Waals surface area contributed by atoms with Crippen molar-refractivity contribution in [2.45, 2.75) is 20.3 Å². The minimum absolute atomic E-state index is 0.0416. The number of nitrogens with one attached hydrogen (secondary N) is 2. The van der Waals surface area contributed by atoms with Crippen LogP contribution in [0.25, 0.3) is 0 Å². The monoisotopic (exact) mass is 445 g/mol. The molecule has 7 heteroatoms. The molecule has 168 valence electrons. The molecular formula is C26H24FN3O3. The molecule has 0 aliphatic carbocycles. The zero-order chi connectivity index (χ0) is 23.5. The summed E-state index contributed by atoms with van der Waals surface area (Å²) in [6.45, 7) is 3.90. The van der Waals surface area contributed by atoms with Gasteiger partial charge in [-0.25, -0.2) is 4.39 Å². The SMILES string of the molecule is Cc1cccc(NC(=O)c2cccc(N3C[C@@H](C(=O)Nc4cc(F)ccc4C)CC3=O)c2)c1. The molecule has 0 saturated carbocycles. The van der Waals surface area contributed by atoms with Gasteiger partial charge in [0.1, 0.15) is 5.82 Å². The maximum Gasteiger partial charge on any atom is 0.255 e. The summed E-state index contributed by atoms with van der Waals surface area (Å²) in [5.41, 5.74) is 3.80. The summed E-state index contributed by atoms with van der Waals surface area (Å²) < 4.78 is 13.5. The second-order valence-corrected chi connectivity index (χ2v) is 8.23. The van der Waals surface area contributed by atoms with Gasteiger partial charge in [-0.2, -0.15) is 0 Å². The predicted octanol–water partition coefficient (Wildman–Crippen LogP) is 4.69. The molecule has 2 N–H and O–H groups in total. The van der Waals surface area contributed by atoms with E-state index in [0.717, 1.165) is 11.1 Å². The molecule has 3 aromatic rings. The Labute approximate surface area is 191 Å². The van der Waals surface area contributed by atoms with Crippen molar-refractivity contribution in [3.63, 3.8) is 0 Å². The van der Waals surface area contributed by atoms with Gasteiger partial charge in [0.25, 0.3) is 5.91 Å².